The first-order valence-electron chi connectivity index (χ1n) is 8.61. The Bertz CT molecular complexity index is 966. The van der Waals surface area contributed by atoms with Gasteiger partial charge in [0, 0.05) is 39.4 Å². The molecule has 0 bridgehead atoms. The summed E-state index contributed by atoms with van der Waals surface area (Å²) in [4.78, 5) is 13.7. The highest BCUT2D eigenvalue weighted by Gasteiger charge is 2.29. The number of piperidine rings is 1. The maximum absolute atomic E-state index is 14.0. The standard InChI is InChI=1S/C18H21F2N3O3S/c1-21-12-14(27(25,26)23-8-4-3-5-9-23)11-17(21)18(24)22(2)16-10-13(19)6-7-15(16)20/h6-7,10-12H,3-5,8-9H2,1-2H3. The van der Waals surface area contributed by atoms with Crippen molar-refractivity contribution in [2.75, 3.05) is 25.0 Å². The Hall–Kier alpha value is -2.26. The number of sulfonamides is 1. The van der Waals surface area contributed by atoms with Gasteiger partial charge in [0.1, 0.15) is 22.2 Å². The van der Waals surface area contributed by atoms with E-state index >= 15 is 0 Å². The average molecular weight is 397 g/mol. The highest BCUT2D eigenvalue weighted by molar-refractivity contribution is 7.89. The number of anilines is 1. The van der Waals surface area contributed by atoms with E-state index in [1.807, 2.05) is 0 Å². The summed E-state index contributed by atoms with van der Waals surface area (Å²) in [5, 5.41) is 0. The molecule has 3 rings (SSSR count). The lowest BCUT2D eigenvalue weighted by molar-refractivity contribution is 0.0984. The van der Waals surface area contributed by atoms with Crippen LogP contribution in [0.5, 0.6) is 0 Å². The molecular formula is C18H21F2N3O3S. The first-order valence-corrected chi connectivity index (χ1v) is 10.1. The Labute approximate surface area is 157 Å². The lowest BCUT2D eigenvalue weighted by Crippen LogP contribution is -2.35. The number of aryl methyl sites for hydroxylation is 1. The first kappa shape index (κ1) is 19.5. The zero-order valence-corrected chi connectivity index (χ0v) is 16.0. The summed E-state index contributed by atoms with van der Waals surface area (Å²) in [5.41, 5.74) is -0.154. The molecule has 6 nitrogen and oxygen atoms in total. The zero-order chi connectivity index (χ0) is 19.8. The minimum atomic E-state index is -3.69. The molecule has 0 N–H and O–H groups in total. The molecule has 1 fully saturated rings. The summed E-state index contributed by atoms with van der Waals surface area (Å²) < 4.78 is 55.8. The van der Waals surface area contributed by atoms with Gasteiger partial charge in [-0.15, -0.1) is 0 Å². The zero-order valence-electron chi connectivity index (χ0n) is 15.2. The topological polar surface area (TPSA) is 62.6 Å². The molecule has 0 radical (unpaired) electrons. The number of hydrogen-bond donors (Lipinski definition) is 0. The molecule has 1 aliphatic rings. The molecule has 0 saturated carbocycles. The van der Waals surface area contributed by atoms with Gasteiger partial charge in [-0.1, -0.05) is 6.42 Å². The molecule has 2 heterocycles. The number of carbonyl (C=O) groups is 1. The van der Waals surface area contributed by atoms with Gasteiger partial charge in [0.25, 0.3) is 5.91 Å². The van der Waals surface area contributed by atoms with Gasteiger partial charge in [-0.2, -0.15) is 4.31 Å². The van der Waals surface area contributed by atoms with Crippen molar-refractivity contribution in [3.8, 4) is 0 Å². The normalized spacial score (nSPS) is 15.7. The van der Waals surface area contributed by atoms with E-state index < -0.39 is 27.6 Å². The quantitative estimate of drug-likeness (QED) is 0.797. The van der Waals surface area contributed by atoms with Gasteiger partial charge in [-0.05, 0) is 31.0 Å². The van der Waals surface area contributed by atoms with Crippen LogP contribution in [0.4, 0.5) is 14.5 Å². The number of nitrogens with zero attached hydrogens (tertiary/aromatic N) is 3. The molecule has 146 valence electrons. The van der Waals surface area contributed by atoms with Gasteiger partial charge in [0.2, 0.25) is 10.0 Å². The van der Waals surface area contributed by atoms with Gasteiger partial charge in [0.05, 0.1) is 5.69 Å². The first-order chi connectivity index (χ1) is 12.7. The Morgan fingerprint density at radius 1 is 1.11 bits per heavy atom. The second kappa shape index (κ2) is 7.40. The fourth-order valence-electron chi connectivity index (χ4n) is 3.17. The minimum absolute atomic E-state index is 0.0170. The SMILES string of the molecule is CN(C(=O)c1cc(S(=O)(=O)N2CCCCC2)cn1C)c1cc(F)ccc1F. The van der Waals surface area contributed by atoms with Gasteiger partial charge >= 0.3 is 0 Å². The summed E-state index contributed by atoms with van der Waals surface area (Å²) in [7, 11) is -0.843. The lowest BCUT2D eigenvalue weighted by Gasteiger charge is -2.25. The molecule has 2 aromatic rings. The summed E-state index contributed by atoms with van der Waals surface area (Å²) in [6, 6.07) is 4.09. The number of aromatic nitrogens is 1. The third-order valence-electron chi connectivity index (χ3n) is 4.73. The minimum Gasteiger partial charge on any atom is -0.345 e. The van der Waals surface area contributed by atoms with Crippen molar-refractivity contribution in [2.45, 2.75) is 24.2 Å². The van der Waals surface area contributed by atoms with E-state index in [-0.39, 0.29) is 16.3 Å². The molecule has 0 unspecified atom stereocenters. The van der Waals surface area contributed by atoms with Crippen LogP contribution in [0, 0.1) is 11.6 Å². The van der Waals surface area contributed by atoms with Crippen molar-refractivity contribution in [3.63, 3.8) is 0 Å². The van der Waals surface area contributed by atoms with Crippen LogP contribution in [0.15, 0.2) is 35.4 Å². The molecule has 1 amide bonds. The third kappa shape index (κ3) is 3.74. The molecule has 1 aromatic carbocycles. The molecule has 0 spiro atoms. The summed E-state index contributed by atoms with van der Waals surface area (Å²) in [5.74, 6) is -2.06. The molecule has 1 aliphatic heterocycles. The van der Waals surface area contributed by atoms with Gasteiger partial charge in [0.15, 0.2) is 0 Å². The number of rotatable bonds is 4. The Morgan fingerprint density at radius 2 is 1.78 bits per heavy atom. The monoisotopic (exact) mass is 397 g/mol. The number of benzene rings is 1. The average Bonchev–Trinajstić information content (AvgIpc) is 3.05. The van der Waals surface area contributed by atoms with Crippen molar-refractivity contribution < 1.29 is 22.0 Å². The van der Waals surface area contributed by atoms with E-state index in [4.69, 9.17) is 0 Å². The van der Waals surface area contributed by atoms with Crippen LogP contribution >= 0.6 is 0 Å². The van der Waals surface area contributed by atoms with Crippen LogP contribution in [0.3, 0.4) is 0 Å². The van der Waals surface area contributed by atoms with Crippen molar-refractivity contribution >= 4 is 21.6 Å². The fraction of sp³-hybridized carbons (Fsp3) is 0.389. The Balaban J connectivity index is 1.91. The van der Waals surface area contributed by atoms with E-state index in [9.17, 15) is 22.0 Å². The molecule has 1 aromatic heterocycles. The molecule has 27 heavy (non-hydrogen) atoms. The molecule has 9 heteroatoms. The maximum Gasteiger partial charge on any atom is 0.274 e. The van der Waals surface area contributed by atoms with Crippen LogP contribution in [0.1, 0.15) is 29.8 Å². The lowest BCUT2D eigenvalue weighted by atomic mass is 10.2. The van der Waals surface area contributed by atoms with Crippen LogP contribution in [-0.4, -0.2) is 43.3 Å². The van der Waals surface area contributed by atoms with Crippen LogP contribution in [-0.2, 0) is 17.1 Å². The van der Waals surface area contributed by atoms with Crippen LogP contribution in [0.2, 0.25) is 0 Å². The second-order valence-corrected chi connectivity index (χ2v) is 8.53. The number of halogens is 2. The highest BCUT2D eigenvalue weighted by Crippen LogP contribution is 2.25. The Morgan fingerprint density at radius 3 is 2.44 bits per heavy atom. The fourth-order valence-corrected chi connectivity index (χ4v) is 4.76. The van der Waals surface area contributed by atoms with Crippen molar-refractivity contribution in [1.29, 1.82) is 0 Å². The van der Waals surface area contributed by atoms with Crippen LogP contribution < -0.4 is 4.90 Å². The maximum atomic E-state index is 14.0. The third-order valence-corrected chi connectivity index (χ3v) is 6.59. The number of carbonyl (C=O) groups excluding carboxylic acids is 1. The molecular weight excluding hydrogens is 376 g/mol. The predicted octanol–water partition coefficient (Wildman–Crippen LogP) is 2.75. The molecule has 1 saturated heterocycles. The Kier molecular flexibility index (Phi) is 5.34. The van der Waals surface area contributed by atoms with E-state index in [0.717, 1.165) is 42.4 Å². The van der Waals surface area contributed by atoms with Crippen molar-refractivity contribution in [2.24, 2.45) is 7.05 Å². The smallest absolute Gasteiger partial charge is 0.274 e. The predicted molar refractivity (Wildman–Crippen MR) is 97.1 cm³/mol. The second-order valence-electron chi connectivity index (χ2n) is 6.60. The van der Waals surface area contributed by atoms with Gasteiger partial charge in [-0.25, -0.2) is 17.2 Å². The summed E-state index contributed by atoms with van der Waals surface area (Å²) in [6.07, 6.45) is 3.97. The number of hydrogen-bond acceptors (Lipinski definition) is 3. The van der Waals surface area contributed by atoms with Gasteiger partial charge in [-0.3, -0.25) is 4.79 Å². The van der Waals surface area contributed by atoms with E-state index in [1.165, 1.54) is 35.2 Å². The van der Waals surface area contributed by atoms with E-state index in [2.05, 4.69) is 0 Å². The van der Waals surface area contributed by atoms with Gasteiger partial charge < -0.3 is 9.47 Å². The molecule has 0 atom stereocenters. The summed E-state index contributed by atoms with van der Waals surface area (Å²) >= 11 is 0. The van der Waals surface area contributed by atoms with E-state index in [1.54, 1.807) is 0 Å². The van der Waals surface area contributed by atoms with Crippen LogP contribution in [0.25, 0.3) is 0 Å². The highest BCUT2D eigenvalue weighted by atomic mass is 32.2. The number of amides is 1. The van der Waals surface area contributed by atoms with E-state index in [0.29, 0.717) is 13.1 Å². The largest absolute Gasteiger partial charge is 0.345 e. The molecule has 0 aliphatic carbocycles. The van der Waals surface area contributed by atoms with Crippen molar-refractivity contribution in [1.82, 2.24) is 8.87 Å². The van der Waals surface area contributed by atoms with Crippen molar-refractivity contribution in [3.05, 3.63) is 47.8 Å². The summed E-state index contributed by atoms with van der Waals surface area (Å²) in [6.45, 7) is 0.907.